The number of urea groups is 1. The third-order valence-electron chi connectivity index (χ3n) is 5.32. The summed E-state index contributed by atoms with van der Waals surface area (Å²) in [6.07, 6.45) is 0.743. The van der Waals surface area contributed by atoms with E-state index in [1.165, 1.54) is 0 Å². The van der Waals surface area contributed by atoms with Crippen molar-refractivity contribution in [3.63, 3.8) is 0 Å². The molecule has 0 aromatic heterocycles. The van der Waals surface area contributed by atoms with Crippen LogP contribution in [0.25, 0.3) is 0 Å². The number of fused-ring (bicyclic) bond motifs is 1. The molecule has 0 atom stereocenters. The first kappa shape index (κ1) is 19.2. The molecule has 0 aliphatic carbocycles. The van der Waals surface area contributed by atoms with Crippen molar-refractivity contribution in [2.75, 3.05) is 57.9 Å². The molecule has 0 radical (unpaired) electrons. The van der Waals surface area contributed by atoms with Gasteiger partial charge in [-0.15, -0.1) is 0 Å². The number of benzene rings is 2. The van der Waals surface area contributed by atoms with Gasteiger partial charge in [-0.25, -0.2) is 4.79 Å². The molecule has 2 aromatic rings. The van der Waals surface area contributed by atoms with Crippen LogP contribution in [0.3, 0.4) is 0 Å². The standard InChI is InChI=1S/C22H27N3O4/c1-27-19-5-3-2-4-17(19)8-9-23-22(26)25-12-10-24(11-13-25)18-6-7-20-21(16-18)29-15-14-28-20/h2-7,16H,8-15H2,1H3,(H,23,26). The van der Waals surface area contributed by atoms with E-state index in [1.807, 2.05) is 41.3 Å². The maximum atomic E-state index is 12.5. The van der Waals surface area contributed by atoms with E-state index in [0.29, 0.717) is 32.8 Å². The zero-order valence-electron chi connectivity index (χ0n) is 16.7. The van der Waals surface area contributed by atoms with Crippen LogP contribution < -0.4 is 24.4 Å². The molecule has 1 N–H and O–H groups in total. The van der Waals surface area contributed by atoms with E-state index >= 15 is 0 Å². The van der Waals surface area contributed by atoms with Gasteiger partial charge in [0.2, 0.25) is 0 Å². The predicted octanol–water partition coefficient (Wildman–Crippen LogP) is 2.54. The van der Waals surface area contributed by atoms with E-state index < -0.39 is 0 Å². The molecule has 1 saturated heterocycles. The van der Waals surface area contributed by atoms with E-state index in [2.05, 4.69) is 16.3 Å². The Labute approximate surface area is 171 Å². The monoisotopic (exact) mass is 397 g/mol. The first-order chi connectivity index (χ1) is 14.2. The van der Waals surface area contributed by atoms with Crippen molar-refractivity contribution in [3.8, 4) is 17.2 Å². The van der Waals surface area contributed by atoms with E-state index in [-0.39, 0.29) is 6.03 Å². The molecule has 7 heteroatoms. The highest BCUT2D eigenvalue weighted by Crippen LogP contribution is 2.34. The Balaban J connectivity index is 1.25. The van der Waals surface area contributed by atoms with Gasteiger partial charge in [0, 0.05) is 44.5 Å². The van der Waals surface area contributed by atoms with Gasteiger partial charge >= 0.3 is 6.03 Å². The summed E-state index contributed by atoms with van der Waals surface area (Å²) < 4.78 is 16.6. The highest BCUT2D eigenvalue weighted by atomic mass is 16.6. The number of hydrogen-bond acceptors (Lipinski definition) is 5. The van der Waals surface area contributed by atoms with Gasteiger partial charge in [0.15, 0.2) is 11.5 Å². The van der Waals surface area contributed by atoms with Gasteiger partial charge in [-0.2, -0.15) is 0 Å². The number of piperazine rings is 1. The van der Waals surface area contributed by atoms with Crippen LogP contribution in [-0.4, -0.2) is 64.0 Å². The van der Waals surface area contributed by atoms with Crippen molar-refractivity contribution in [2.45, 2.75) is 6.42 Å². The van der Waals surface area contributed by atoms with Crippen molar-refractivity contribution < 1.29 is 19.0 Å². The number of nitrogens with zero attached hydrogens (tertiary/aromatic N) is 2. The number of amides is 2. The Morgan fingerprint density at radius 1 is 1.03 bits per heavy atom. The Kier molecular flexibility index (Phi) is 5.93. The van der Waals surface area contributed by atoms with E-state index in [9.17, 15) is 4.79 Å². The van der Waals surface area contributed by atoms with Gasteiger partial charge in [-0.1, -0.05) is 18.2 Å². The van der Waals surface area contributed by atoms with Crippen LogP contribution in [-0.2, 0) is 6.42 Å². The van der Waals surface area contributed by atoms with Gasteiger partial charge in [0.1, 0.15) is 19.0 Å². The lowest BCUT2D eigenvalue weighted by Gasteiger charge is -2.36. The molecule has 0 saturated carbocycles. The number of ether oxygens (including phenoxy) is 3. The number of para-hydroxylation sites is 1. The fourth-order valence-corrected chi connectivity index (χ4v) is 3.72. The number of hydrogen-bond donors (Lipinski definition) is 1. The minimum atomic E-state index is -0.0123. The summed E-state index contributed by atoms with van der Waals surface area (Å²) in [5.74, 6) is 2.45. The average Bonchev–Trinajstić information content (AvgIpc) is 2.79. The van der Waals surface area contributed by atoms with E-state index in [4.69, 9.17) is 14.2 Å². The third kappa shape index (κ3) is 4.50. The zero-order chi connectivity index (χ0) is 20.1. The van der Waals surface area contributed by atoms with Crippen molar-refractivity contribution in [1.29, 1.82) is 0 Å². The van der Waals surface area contributed by atoms with Crippen molar-refractivity contribution in [1.82, 2.24) is 10.2 Å². The molecule has 2 aliphatic rings. The maximum absolute atomic E-state index is 12.5. The number of anilines is 1. The molecule has 29 heavy (non-hydrogen) atoms. The van der Waals surface area contributed by atoms with Gasteiger partial charge < -0.3 is 29.3 Å². The molecule has 4 rings (SSSR count). The fourth-order valence-electron chi connectivity index (χ4n) is 3.72. The van der Waals surface area contributed by atoms with Crippen LogP contribution in [0.4, 0.5) is 10.5 Å². The molecular weight excluding hydrogens is 370 g/mol. The maximum Gasteiger partial charge on any atom is 0.317 e. The number of methoxy groups -OCH3 is 1. The number of carbonyl (C=O) groups is 1. The number of carbonyl (C=O) groups excluding carboxylic acids is 1. The molecule has 0 unspecified atom stereocenters. The summed E-state index contributed by atoms with van der Waals surface area (Å²) in [5, 5.41) is 3.02. The lowest BCUT2D eigenvalue weighted by atomic mass is 10.1. The summed E-state index contributed by atoms with van der Waals surface area (Å²) >= 11 is 0. The van der Waals surface area contributed by atoms with Crippen LogP contribution in [0.5, 0.6) is 17.2 Å². The molecule has 1 fully saturated rings. The largest absolute Gasteiger partial charge is 0.496 e. The summed E-state index contributed by atoms with van der Waals surface area (Å²) in [5.41, 5.74) is 2.20. The van der Waals surface area contributed by atoms with Crippen LogP contribution in [0.2, 0.25) is 0 Å². The summed E-state index contributed by atoms with van der Waals surface area (Å²) in [4.78, 5) is 16.7. The Hall–Kier alpha value is -3.09. The van der Waals surface area contributed by atoms with Crippen molar-refractivity contribution in [3.05, 3.63) is 48.0 Å². The summed E-state index contributed by atoms with van der Waals surface area (Å²) in [7, 11) is 1.67. The first-order valence-electron chi connectivity index (χ1n) is 10.0. The van der Waals surface area contributed by atoms with Crippen LogP contribution in [0, 0.1) is 0 Å². The lowest BCUT2D eigenvalue weighted by molar-refractivity contribution is 0.171. The number of rotatable bonds is 5. The molecule has 2 heterocycles. The van der Waals surface area contributed by atoms with Crippen LogP contribution >= 0.6 is 0 Å². The second-order valence-corrected chi connectivity index (χ2v) is 7.10. The Morgan fingerprint density at radius 3 is 2.59 bits per heavy atom. The summed E-state index contributed by atoms with van der Waals surface area (Å²) in [6, 6.07) is 13.9. The van der Waals surface area contributed by atoms with Crippen LogP contribution in [0.1, 0.15) is 5.56 Å². The number of nitrogens with one attached hydrogen (secondary N) is 1. The fraction of sp³-hybridized carbons (Fsp3) is 0.409. The zero-order valence-corrected chi connectivity index (χ0v) is 16.7. The van der Waals surface area contributed by atoms with Crippen LogP contribution in [0.15, 0.2) is 42.5 Å². The van der Waals surface area contributed by atoms with Crippen molar-refractivity contribution >= 4 is 11.7 Å². The normalized spacial score (nSPS) is 15.8. The van der Waals surface area contributed by atoms with E-state index in [1.54, 1.807) is 7.11 Å². The predicted molar refractivity (Wildman–Crippen MR) is 111 cm³/mol. The van der Waals surface area contributed by atoms with Gasteiger partial charge in [-0.05, 0) is 30.2 Å². The molecule has 2 aliphatic heterocycles. The molecule has 154 valence electrons. The van der Waals surface area contributed by atoms with Gasteiger partial charge in [-0.3, -0.25) is 0 Å². The minimum absolute atomic E-state index is 0.0123. The second kappa shape index (κ2) is 8.94. The summed E-state index contributed by atoms with van der Waals surface area (Å²) in [6.45, 7) is 4.72. The smallest absolute Gasteiger partial charge is 0.317 e. The molecule has 0 bridgehead atoms. The van der Waals surface area contributed by atoms with Gasteiger partial charge in [0.05, 0.1) is 7.11 Å². The lowest BCUT2D eigenvalue weighted by Crippen LogP contribution is -2.52. The molecule has 2 amide bonds. The minimum Gasteiger partial charge on any atom is -0.496 e. The highest BCUT2D eigenvalue weighted by Gasteiger charge is 2.22. The molecule has 0 spiro atoms. The highest BCUT2D eigenvalue weighted by molar-refractivity contribution is 5.74. The first-order valence-corrected chi connectivity index (χ1v) is 10.0. The average molecular weight is 397 g/mol. The van der Waals surface area contributed by atoms with Crippen molar-refractivity contribution in [2.24, 2.45) is 0 Å². The molecule has 2 aromatic carbocycles. The second-order valence-electron chi connectivity index (χ2n) is 7.10. The molecule has 7 nitrogen and oxygen atoms in total. The quantitative estimate of drug-likeness (QED) is 0.840. The Bertz CT molecular complexity index is 850. The third-order valence-corrected chi connectivity index (χ3v) is 5.32. The topological polar surface area (TPSA) is 63.3 Å². The SMILES string of the molecule is COc1ccccc1CCNC(=O)N1CCN(c2ccc3c(c2)OCCO3)CC1. The Morgan fingerprint density at radius 2 is 1.79 bits per heavy atom. The molecular formula is C22H27N3O4. The van der Waals surface area contributed by atoms with E-state index in [0.717, 1.165) is 48.0 Å². The van der Waals surface area contributed by atoms with Gasteiger partial charge in [0.25, 0.3) is 0 Å².